The van der Waals surface area contributed by atoms with Crippen LogP contribution in [0.4, 0.5) is 0 Å². The second kappa shape index (κ2) is 24.9. The van der Waals surface area contributed by atoms with E-state index in [1.165, 1.54) is 103 Å². The zero-order chi connectivity index (χ0) is 26.0. The fraction of sp³-hybridized carbons (Fsp3) is 0.935. The highest BCUT2D eigenvalue weighted by Gasteiger charge is 2.42. The van der Waals surface area contributed by atoms with Gasteiger partial charge in [0.05, 0.1) is 0 Å². The molecule has 0 rings (SSSR count). The summed E-state index contributed by atoms with van der Waals surface area (Å²) in [4.78, 5) is 25.8. The smallest absolute Gasteiger partial charge is 0.162 e. The number of hydrogen-bond donors (Lipinski definition) is 2. The maximum atomic E-state index is 12.9. The Morgan fingerprint density at radius 1 is 0.486 bits per heavy atom. The van der Waals surface area contributed by atoms with Crippen molar-refractivity contribution in [2.45, 2.75) is 187 Å². The molecule has 0 aromatic carbocycles. The molecule has 208 valence electrons. The Kier molecular flexibility index (Phi) is 24.4. The summed E-state index contributed by atoms with van der Waals surface area (Å²) in [7, 11) is 0. The minimum absolute atomic E-state index is 0.133. The first kappa shape index (κ1) is 34.3. The second-order valence-corrected chi connectivity index (χ2v) is 10.8. The lowest BCUT2D eigenvalue weighted by atomic mass is 9.82. The molecule has 0 atom stereocenters. The first-order chi connectivity index (χ1) is 17.1. The van der Waals surface area contributed by atoms with Gasteiger partial charge in [-0.1, -0.05) is 149 Å². The van der Waals surface area contributed by atoms with Gasteiger partial charge in [0.15, 0.2) is 17.1 Å². The molecule has 0 aromatic rings. The van der Waals surface area contributed by atoms with Gasteiger partial charge in [0.25, 0.3) is 0 Å². The van der Waals surface area contributed by atoms with Crippen molar-refractivity contribution < 1.29 is 14.8 Å². The van der Waals surface area contributed by atoms with E-state index in [1.54, 1.807) is 0 Å². The summed E-state index contributed by atoms with van der Waals surface area (Å²) in [5, 5.41) is 9.78. The Bertz CT molecular complexity index is 448. The Hall–Kier alpha value is -0.740. The molecular weight excluding hydrogens is 434 g/mol. The van der Waals surface area contributed by atoms with Gasteiger partial charge in [0.1, 0.15) is 0 Å². The Morgan fingerprint density at radius 3 is 0.971 bits per heavy atom. The lowest BCUT2D eigenvalue weighted by Crippen LogP contribution is -2.56. The predicted octanol–water partition coefficient (Wildman–Crippen LogP) is 9.65. The summed E-state index contributed by atoms with van der Waals surface area (Å²) in [6.07, 6.45) is 28.2. The molecule has 0 aliphatic heterocycles. The van der Waals surface area contributed by atoms with E-state index in [4.69, 9.17) is 0 Å². The summed E-state index contributed by atoms with van der Waals surface area (Å²) in [5.41, 5.74) is 0.753. The van der Waals surface area contributed by atoms with Crippen molar-refractivity contribution in [1.82, 2.24) is 5.48 Å². The molecule has 4 nitrogen and oxygen atoms in total. The normalized spacial score (nSPS) is 11.8. The molecule has 0 unspecified atom stereocenters. The van der Waals surface area contributed by atoms with Gasteiger partial charge in [-0.05, 0) is 19.3 Å². The van der Waals surface area contributed by atoms with E-state index >= 15 is 0 Å². The third-order valence-corrected chi connectivity index (χ3v) is 7.69. The Labute approximate surface area is 218 Å². The highest BCUT2D eigenvalue weighted by Crippen LogP contribution is 2.21. The Balaban J connectivity index is 3.96. The molecule has 35 heavy (non-hydrogen) atoms. The van der Waals surface area contributed by atoms with Crippen LogP contribution in [0.25, 0.3) is 0 Å². The molecule has 0 radical (unpaired) electrons. The number of rotatable bonds is 28. The first-order valence-corrected chi connectivity index (χ1v) is 15.6. The summed E-state index contributed by atoms with van der Waals surface area (Å²) in [5.74, 6) is -0.266. The van der Waals surface area contributed by atoms with Crippen molar-refractivity contribution in [2.75, 3.05) is 0 Å². The highest BCUT2D eigenvalue weighted by molar-refractivity contribution is 6.11. The van der Waals surface area contributed by atoms with E-state index in [0.717, 1.165) is 38.5 Å². The van der Waals surface area contributed by atoms with E-state index in [-0.39, 0.29) is 11.6 Å². The fourth-order valence-electron chi connectivity index (χ4n) is 5.08. The van der Waals surface area contributed by atoms with E-state index in [2.05, 4.69) is 19.3 Å². The van der Waals surface area contributed by atoms with Gasteiger partial charge < -0.3 is 5.21 Å². The van der Waals surface area contributed by atoms with Crippen LogP contribution >= 0.6 is 0 Å². The molecule has 0 saturated heterocycles. The zero-order valence-electron chi connectivity index (χ0n) is 23.9. The molecular formula is C31H61NO3. The summed E-state index contributed by atoms with van der Waals surface area (Å²) >= 11 is 0. The number of ketones is 2. The number of carbonyl (C=O) groups excluding carboxylic acids is 2. The third-order valence-electron chi connectivity index (χ3n) is 7.69. The number of Topliss-reactive ketones (excluding diaryl/α,β-unsaturated/α-hetero) is 2. The summed E-state index contributed by atoms with van der Waals surface area (Å²) < 4.78 is 0. The van der Waals surface area contributed by atoms with Crippen molar-refractivity contribution >= 4 is 11.6 Å². The molecule has 0 spiro atoms. The molecule has 0 aliphatic rings. The molecule has 0 amide bonds. The number of hydrogen-bond acceptors (Lipinski definition) is 4. The monoisotopic (exact) mass is 495 g/mol. The molecule has 0 aromatic heterocycles. The first-order valence-electron chi connectivity index (χ1n) is 15.6. The van der Waals surface area contributed by atoms with Crippen LogP contribution in [0.15, 0.2) is 0 Å². The number of nitrogens with one attached hydrogen (secondary N) is 1. The van der Waals surface area contributed by atoms with Crippen LogP contribution in [0.2, 0.25) is 0 Å². The number of unbranched alkanes of at least 4 members (excludes halogenated alkanes) is 20. The Morgan fingerprint density at radius 2 is 0.743 bits per heavy atom. The van der Waals surface area contributed by atoms with Crippen LogP contribution < -0.4 is 5.48 Å². The lowest BCUT2D eigenvalue weighted by molar-refractivity contribution is -0.142. The molecule has 0 saturated carbocycles. The van der Waals surface area contributed by atoms with Crippen LogP contribution in [0, 0.1) is 0 Å². The van der Waals surface area contributed by atoms with Crippen LogP contribution in [-0.4, -0.2) is 22.3 Å². The fourth-order valence-corrected chi connectivity index (χ4v) is 5.08. The standard InChI is InChI=1S/C31H61NO3/c1-4-7-9-11-13-15-17-19-21-23-25-27-29(33)31(6-3,32-35)30(34)28-26-24-22-20-18-16-14-12-10-8-5-2/h32,35H,4-28H2,1-3H3. The zero-order valence-corrected chi connectivity index (χ0v) is 23.9. The van der Waals surface area contributed by atoms with Crippen LogP contribution in [0.1, 0.15) is 181 Å². The van der Waals surface area contributed by atoms with Gasteiger partial charge in [-0.3, -0.25) is 9.59 Å². The molecule has 4 heteroatoms. The van der Waals surface area contributed by atoms with Gasteiger partial charge >= 0.3 is 0 Å². The van der Waals surface area contributed by atoms with E-state index < -0.39 is 5.54 Å². The average molecular weight is 496 g/mol. The van der Waals surface area contributed by atoms with E-state index in [1.807, 2.05) is 6.92 Å². The average Bonchev–Trinajstić information content (AvgIpc) is 2.87. The lowest BCUT2D eigenvalue weighted by Gasteiger charge is -2.28. The van der Waals surface area contributed by atoms with Gasteiger partial charge in [0.2, 0.25) is 0 Å². The summed E-state index contributed by atoms with van der Waals surface area (Å²) in [6, 6.07) is 0. The van der Waals surface area contributed by atoms with Gasteiger partial charge in [-0.2, -0.15) is 5.48 Å². The predicted molar refractivity (Wildman–Crippen MR) is 150 cm³/mol. The molecule has 0 bridgehead atoms. The maximum absolute atomic E-state index is 12.9. The van der Waals surface area contributed by atoms with Crippen molar-refractivity contribution in [1.29, 1.82) is 0 Å². The minimum Gasteiger partial charge on any atom is -0.315 e. The van der Waals surface area contributed by atoms with Crippen molar-refractivity contribution in [3.63, 3.8) is 0 Å². The summed E-state index contributed by atoms with van der Waals surface area (Å²) in [6.45, 7) is 6.32. The van der Waals surface area contributed by atoms with Crippen molar-refractivity contribution in [3.05, 3.63) is 0 Å². The molecule has 2 N–H and O–H groups in total. The van der Waals surface area contributed by atoms with Crippen LogP contribution in [0.3, 0.4) is 0 Å². The van der Waals surface area contributed by atoms with Crippen LogP contribution in [-0.2, 0) is 9.59 Å². The van der Waals surface area contributed by atoms with Crippen molar-refractivity contribution in [3.8, 4) is 0 Å². The number of hydroxylamine groups is 1. The second-order valence-electron chi connectivity index (χ2n) is 10.8. The highest BCUT2D eigenvalue weighted by atomic mass is 16.5. The van der Waals surface area contributed by atoms with Crippen LogP contribution in [0.5, 0.6) is 0 Å². The maximum Gasteiger partial charge on any atom is 0.162 e. The SMILES string of the molecule is CCCCCCCCCCCCCC(=O)C(CC)(NO)C(=O)CCCCCCCCCCCCC. The number of carbonyl (C=O) groups is 2. The van der Waals surface area contributed by atoms with Gasteiger partial charge in [0, 0.05) is 12.8 Å². The quantitative estimate of drug-likeness (QED) is 0.0644. The van der Waals surface area contributed by atoms with E-state index in [9.17, 15) is 14.8 Å². The van der Waals surface area contributed by atoms with Gasteiger partial charge in [-0.15, -0.1) is 0 Å². The van der Waals surface area contributed by atoms with Crippen molar-refractivity contribution in [2.24, 2.45) is 0 Å². The third kappa shape index (κ3) is 17.4. The minimum atomic E-state index is -1.39. The largest absolute Gasteiger partial charge is 0.315 e. The molecule has 0 aliphatic carbocycles. The topological polar surface area (TPSA) is 66.4 Å². The van der Waals surface area contributed by atoms with Gasteiger partial charge in [-0.25, -0.2) is 0 Å². The molecule has 0 fully saturated rings. The van der Waals surface area contributed by atoms with E-state index in [0.29, 0.717) is 19.3 Å². The molecule has 0 heterocycles.